The molecule has 0 unspecified atom stereocenters. The predicted octanol–water partition coefficient (Wildman–Crippen LogP) is 1.37. The van der Waals surface area contributed by atoms with Crippen molar-refractivity contribution < 1.29 is 18.7 Å². The number of rotatable bonds is 6. The Morgan fingerprint density at radius 3 is 2.65 bits per heavy atom. The summed E-state index contributed by atoms with van der Waals surface area (Å²) >= 11 is 0.982. The minimum absolute atomic E-state index is 0.158. The third kappa shape index (κ3) is 3.98. The molecule has 0 aliphatic rings. The number of hydrogen-bond acceptors (Lipinski definition) is 5. The van der Waals surface area contributed by atoms with Gasteiger partial charge in [0.1, 0.15) is 11.6 Å². The fraction of sp³-hybridized carbons (Fsp3) is 0.273. The van der Waals surface area contributed by atoms with Crippen molar-refractivity contribution in [3.8, 4) is 0 Å². The Hall–Kier alpha value is -2.03. The maximum absolute atomic E-state index is 13.0. The maximum Gasteiger partial charge on any atom is 0.313 e. The van der Waals surface area contributed by atoms with Crippen LogP contribution in [0.5, 0.6) is 0 Å². The average Bonchev–Trinajstić information content (AvgIpc) is 2.80. The van der Waals surface area contributed by atoms with E-state index >= 15 is 0 Å². The van der Waals surface area contributed by atoms with Gasteiger partial charge in [-0.05, 0) is 34.5 Å². The number of hydrogen-bond donors (Lipinski definition) is 1. The van der Waals surface area contributed by atoms with Gasteiger partial charge >= 0.3 is 5.97 Å². The molecule has 106 valence electrons. The Bertz CT molecular complexity index is 600. The third-order valence-electron chi connectivity index (χ3n) is 2.36. The highest BCUT2D eigenvalue weighted by atomic mass is 32.2. The monoisotopic (exact) mass is 300 g/mol. The molecule has 1 aromatic heterocycles. The largest absolute Gasteiger partial charge is 0.481 e. The molecule has 0 fully saturated rings. The van der Waals surface area contributed by atoms with Gasteiger partial charge in [-0.1, -0.05) is 11.8 Å². The topological polar surface area (TPSA) is 80.9 Å². The molecule has 6 nitrogen and oxygen atoms in total. The first kappa shape index (κ1) is 14.4. The Kier molecular flexibility index (Phi) is 4.61. The summed E-state index contributed by atoms with van der Waals surface area (Å²) in [5.41, 5.74) is 0.479. The molecule has 0 saturated carbocycles. The number of carboxylic acid groups (broad SMARTS) is 1. The van der Waals surface area contributed by atoms with E-state index in [0.29, 0.717) is 23.7 Å². The molecule has 20 heavy (non-hydrogen) atoms. The van der Waals surface area contributed by atoms with E-state index in [1.807, 2.05) is 0 Å². The van der Waals surface area contributed by atoms with Crippen LogP contribution in [0.25, 0.3) is 0 Å². The number of benzene rings is 1. The van der Waals surface area contributed by atoms with Crippen LogP contribution in [-0.4, -0.2) is 37.0 Å². The van der Waals surface area contributed by atoms with Crippen molar-refractivity contribution in [2.75, 3.05) is 5.75 Å². The fourth-order valence-corrected chi connectivity index (χ4v) is 2.18. The Balaban J connectivity index is 2.00. The second-order valence-corrected chi connectivity index (χ2v) is 4.84. The van der Waals surface area contributed by atoms with Crippen LogP contribution in [-0.2, 0) is 17.8 Å². The highest BCUT2D eigenvalue weighted by Gasteiger charge is 2.09. The highest BCUT2D eigenvalue weighted by molar-refractivity contribution is 7.99. The number of halogens is 2. The van der Waals surface area contributed by atoms with E-state index in [9.17, 15) is 13.6 Å². The predicted molar refractivity (Wildman–Crippen MR) is 66.2 cm³/mol. The lowest BCUT2D eigenvalue weighted by Gasteiger charge is -2.04. The molecule has 0 spiro atoms. The zero-order valence-corrected chi connectivity index (χ0v) is 11.0. The lowest BCUT2D eigenvalue weighted by atomic mass is 10.1. The van der Waals surface area contributed by atoms with E-state index in [0.717, 1.165) is 17.8 Å². The summed E-state index contributed by atoms with van der Waals surface area (Å²) in [5, 5.41) is 19.8. The normalized spacial score (nSPS) is 10.7. The van der Waals surface area contributed by atoms with Crippen LogP contribution in [0.15, 0.2) is 23.4 Å². The molecule has 0 saturated heterocycles. The summed E-state index contributed by atoms with van der Waals surface area (Å²) < 4.78 is 27.5. The van der Waals surface area contributed by atoms with Crippen molar-refractivity contribution in [1.29, 1.82) is 0 Å². The third-order valence-corrected chi connectivity index (χ3v) is 3.30. The minimum Gasteiger partial charge on any atom is -0.481 e. The summed E-state index contributed by atoms with van der Waals surface area (Å²) in [5.74, 6) is -2.42. The number of thioether (sulfide) groups is 1. The quantitative estimate of drug-likeness (QED) is 0.812. The standard InChI is InChI=1S/C11H10F2N4O2S/c12-8-3-7(4-9(13)5-8)1-2-17-11(14-15-16-17)20-6-10(18)19/h3-5H,1-2,6H2,(H,18,19). The van der Waals surface area contributed by atoms with Gasteiger partial charge in [0.15, 0.2) is 0 Å². The summed E-state index contributed by atoms with van der Waals surface area (Å²) in [6, 6.07) is 3.27. The van der Waals surface area contributed by atoms with E-state index in [4.69, 9.17) is 5.11 Å². The van der Waals surface area contributed by atoms with Crippen molar-refractivity contribution in [2.45, 2.75) is 18.1 Å². The minimum atomic E-state index is -0.975. The number of aryl methyl sites for hydroxylation is 2. The van der Waals surface area contributed by atoms with Gasteiger partial charge in [0, 0.05) is 12.6 Å². The molecular formula is C11H10F2N4O2S. The van der Waals surface area contributed by atoms with Crippen LogP contribution >= 0.6 is 11.8 Å². The van der Waals surface area contributed by atoms with Crippen LogP contribution in [0.2, 0.25) is 0 Å². The van der Waals surface area contributed by atoms with Gasteiger partial charge in [0.25, 0.3) is 0 Å². The van der Waals surface area contributed by atoms with Gasteiger partial charge < -0.3 is 5.11 Å². The summed E-state index contributed by atoms with van der Waals surface area (Å²) in [6.07, 6.45) is 0.334. The Labute approximate surface area is 116 Å². The Morgan fingerprint density at radius 1 is 1.30 bits per heavy atom. The van der Waals surface area contributed by atoms with E-state index in [-0.39, 0.29) is 5.75 Å². The van der Waals surface area contributed by atoms with Crippen LogP contribution in [0.3, 0.4) is 0 Å². The molecule has 9 heteroatoms. The maximum atomic E-state index is 13.0. The molecule has 0 amide bonds. The molecule has 0 atom stereocenters. The first-order valence-electron chi connectivity index (χ1n) is 5.60. The van der Waals surface area contributed by atoms with Gasteiger partial charge in [-0.15, -0.1) is 5.10 Å². The number of aromatic nitrogens is 4. The van der Waals surface area contributed by atoms with Gasteiger partial charge in [-0.25, -0.2) is 13.5 Å². The fourth-order valence-electron chi connectivity index (χ4n) is 1.56. The van der Waals surface area contributed by atoms with E-state index in [1.54, 1.807) is 0 Å². The smallest absolute Gasteiger partial charge is 0.313 e. The van der Waals surface area contributed by atoms with Crippen LogP contribution in [0.1, 0.15) is 5.56 Å². The van der Waals surface area contributed by atoms with Crippen LogP contribution in [0, 0.1) is 11.6 Å². The Morgan fingerprint density at radius 2 is 2.00 bits per heavy atom. The lowest BCUT2D eigenvalue weighted by molar-refractivity contribution is -0.133. The second-order valence-electron chi connectivity index (χ2n) is 3.89. The van der Waals surface area contributed by atoms with E-state index in [2.05, 4.69) is 15.5 Å². The van der Waals surface area contributed by atoms with E-state index < -0.39 is 17.6 Å². The molecule has 0 bridgehead atoms. The molecule has 1 aromatic carbocycles. The summed E-state index contributed by atoms with van der Waals surface area (Å²) in [4.78, 5) is 10.5. The van der Waals surface area contributed by atoms with Gasteiger partial charge in [0.2, 0.25) is 5.16 Å². The molecule has 2 aromatic rings. The van der Waals surface area contributed by atoms with Crippen molar-refractivity contribution in [3.05, 3.63) is 35.4 Å². The summed E-state index contributed by atoms with van der Waals surface area (Å²) in [7, 11) is 0. The summed E-state index contributed by atoms with van der Waals surface area (Å²) in [6.45, 7) is 0.303. The van der Waals surface area contributed by atoms with Crippen molar-refractivity contribution >= 4 is 17.7 Å². The average molecular weight is 300 g/mol. The number of nitrogens with zero attached hydrogens (tertiary/aromatic N) is 4. The molecule has 0 aliphatic heterocycles. The van der Waals surface area contributed by atoms with Gasteiger partial charge in [-0.2, -0.15) is 0 Å². The van der Waals surface area contributed by atoms with Crippen molar-refractivity contribution in [2.24, 2.45) is 0 Å². The number of tetrazole rings is 1. The molecular weight excluding hydrogens is 290 g/mol. The van der Waals surface area contributed by atoms with Crippen LogP contribution in [0.4, 0.5) is 8.78 Å². The molecule has 0 aliphatic carbocycles. The van der Waals surface area contributed by atoms with Gasteiger partial charge in [0.05, 0.1) is 5.75 Å². The molecule has 2 rings (SSSR count). The zero-order chi connectivity index (χ0) is 14.5. The van der Waals surface area contributed by atoms with Crippen LogP contribution < -0.4 is 0 Å². The van der Waals surface area contributed by atoms with Crippen molar-refractivity contribution in [3.63, 3.8) is 0 Å². The highest BCUT2D eigenvalue weighted by Crippen LogP contribution is 2.14. The zero-order valence-electron chi connectivity index (χ0n) is 10.2. The first-order chi connectivity index (χ1) is 9.54. The number of carboxylic acids is 1. The molecule has 1 heterocycles. The molecule has 1 N–H and O–H groups in total. The number of aliphatic carboxylic acids is 1. The SMILES string of the molecule is O=C(O)CSc1nnnn1CCc1cc(F)cc(F)c1. The number of carbonyl (C=O) groups is 1. The molecule has 0 radical (unpaired) electrons. The first-order valence-corrected chi connectivity index (χ1v) is 6.59. The van der Waals surface area contributed by atoms with Gasteiger partial charge in [-0.3, -0.25) is 4.79 Å². The van der Waals surface area contributed by atoms with Crippen molar-refractivity contribution in [1.82, 2.24) is 20.2 Å². The lowest BCUT2D eigenvalue weighted by Crippen LogP contribution is -2.07. The second kappa shape index (κ2) is 6.42. The van der Waals surface area contributed by atoms with E-state index in [1.165, 1.54) is 16.8 Å².